The zero-order valence-corrected chi connectivity index (χ0v) is 22.6. The molecule has 8 heteroatoms. The highest BCUT2D eigenvalue weighted by molar-refractivity contribution is 5.93. The Hall–Kier alpha value is -3.26. The molecule has 1 aliphatic heterocycles. The summed E-state index contributed by atoms with van der Waals surface area (Å²) in [6.07, 6.45) is 5.83. The van der Waals surface area contributed by atoms with E-state index in [9.17, 15) is 9.18 Å². The molecule has 0 radical (unpaired) electrons. The molecule has 1 amide bonds. The number of anilines is 2. The van der Waals surface area contributed by atoms with E-state index < -0.39 is 0 Å². The lowest BCUT2D eigenvalue weighted by Crippen LogP contribution is -2.46. The topological polar surface area (TPSA) is 82.2 Å². The maximum atomic E-state index is 14.5. The fourth-order valence-electron chi connectivity index (χ4n) is 5.70. The van der Waals surface area contributed by atoms with Gasteiger partial charge in [-0.3, -0.25) is 4.79 Å². The number of halogens is 1. The molecule has 0 bridgehead atoms. The number of carbonyl (C=O) groups excluding carboxylic acids is 1. The largest absolute Gasteiger partial charge is 0.367 e. The van der Waals surface area contributed by atoms with Crippen LogP contribution in [0.4, 0.5) is 16.2 Å². The molecule has 202 valence electrons. The van der Waals surface area contributed by atoms with Gasteiger partial charge in [-0.15, -0.1) is 0 Å². The van der Waals surface area contributed by atoms with E-state index >= 15 is 0 Å². The van der Waals surface area contributed by atoms with Gasteiger partial charge in [-0.1, -0.05) is 24.3 Å². The average Bonchev–Trinajstić information content (AvgIpc) is 2.89. The molecule has 2 aliphatic rings. The minimum Gasteiger partial charge on any atom is -0.367 e. The summed E-state index contributed by atoms with van der Waals surface area (Å²) in [5.41, 5.74) is 2.17. The highest BCUT2D eigenvalue weighted by atomic mass is 19.1. The molecule has 1 unspecified atom stereocenters. The van der Waals surface area contributed by atoms with Gasteiger partial charge in [0.2, 0.25) is 11.9 Å². The molecule has 7 nitrogen and oxygen atoms in total. The first-order valence-corrected chi connectivity index (χ1v) is 13.9. The van der Waals surface area contributed by atoms with Crippen molar-refractivity contribution in [1.82, 2.24) is 20.2 Å². The zero-order chi connectivity index (χ0) is 26.6. The Morgan fingerprint density at radius 3 is 2.53 bits per heavy atom. The molecular formula is C30H39FN6O. The second-order valence-corrected chi connectivity index (χ2v) is 11.2. The van der Waals surface area contributed by atoms with Gasteiger partial charge in [0.25, 0.3) is 0 Å². The number of hydrogen-bond acceptors (Lipinski definition) is 6. The first-order valence-electron chi connectivity index (χ1n) is 13.9. The van der Waals surface area contributed by atoms with E-state index in [4.69, 9.17) is 9.97 Å². The molecule has 2 heterocycles. The van der Waals surface area contributed by atoms with Gasteiger partial charge in [0.15, 0.2) is 0 Å². The minimum atomic E-state index is -0.249. The lowest BCUT2D eigenvalue weighted by atomic mass is 9.90. The molecule has 2 fully saturated rings. The summed E-state index contributed by atoms with van der Waals surface area (Å²) in [6, 6.07) is 13.3. The molecule has 1 aromatic heterocycles. The standard InChI is InChI=1S/C30H39FN6O/c1-19(2)32-30-35-27-15-10-20(24-8-4-5-9-26(24)31)17-25(27)28(36-30)33-22-11-13-23(14-12-22)34-29(38)21-7-6-16-37(3)18-21/h4-5,8-10,15,17,19,21-23H,6-7,11-14,16,18H2,1-3H3,(H,34,38)(H2,32,33,35,36). The molecule has 38 heavy (non-hydrogen) atoms. The van der Waals surface area contributed by atoms with E-state index in [0.29, 0.717) is 11.5 Å². The van der Waals surface area contributed by atoms with Crippen molar-refractivity contribution in [3.05, 3.63) is 48.3 Å². The van der Waals surface area contributed by atoms with Crippen LogP contribution in [0.5, 0.6) is 0 Å². The smallest absolute Gasteiger partial charge is 0.225 e. The van der Waals surface area contributed by atoms with Crippen molar-refractivity contribution in [3.63, 3.8) is 0 Å². The third kappa shape index (κ3) is 6.23. The number of carbonyl (C=O) groups is 1. The summed E-state index contributed by atoms with van der Waals surface area (Å²) in [6.45, 7) is 6.05. The van der Waals surface area contributed by atoms with Gasteiger partial charge >= 0.3 is 0 Å². The van der Waals surface area contributed by atoms with Crippen LogP contribution in [0.25, 0.3) is 22.0 Å². The molecule has 3 N–H and O–H groups in total. The van der Waals surface area contributed by atoms with Crippen molar-refractivity contribution in [1.29, 1.82) is 0 Å². The number of fused-ring (bicyclic) bond motifs is 1. The summed E-state index contributed by atoms with van der Waals surface area (Å²) >= 11 is 0. The summed E-state index contributed by atoms with van der Waals surface area (Å²) in [7, 11) is 2.09. The third-order valence-corrected chi connectivity index (χ3v) is 7.71. The number of piperidine rings is 1. The third-order valence-electron chi connectivity index (χ3n) is 7.71. The number of nitrogens with one attached hydrogen (secondary N) is 3. The summed E-state index contributed by atoms with van der Waals surface area (Å²) in [5.74, 6) is 1.40. The number of likely N-dealkylation sites (tertiary alicyclic amines) is 1. The lowest BCUT2D eigenvalue weighted by Gasteiger charge is -2.33. The van der Waals surface area contributed by atoms with E-state index in [1.54, 1.807) is 12.1 Å². The first kappa shape index (κ1) is 26.4. The average molecular weight is 519 g/mol. The summed E-state index contributed by atoms with van der Waals surface area (Å²) in [5, 5.41) is 11.2. The Bertz CT molecular complexity index is 1270. The fraction of sp³-hybridized carbons (Fsp3) is 0.500. The molecule has 1 saturated heterocycles. The van der Waals surface area contributed by atoms with Gasteiger partial charge in [-0.05, 0) is 89.7 Å². The van der Waals surface area contributed by atoms with Gasteiger partial charge in [-0.2, -0.15) is 4.98 Å². The molecule has 0 spiro atoms. The number of amides is 1. The summed E-state index contributed by atoms with van der Waals surface area (Å²) in [4.78, 5) is 24.6. The molecule has 1 saturated carbocycles. The number of hydrogen-bond donors (Lipinski definition) is 3. The Labute approximate surface area is 224 Å². The first-order chi connectivity index (χ1) is 18.4. The van der Waals surface area contributed by atoms with E-state index in [0.717, 1.165) is 73.9 Å². The second kappa shape index (κ2) is 11.6. The minimum absolute atomic E-state index is 0.104. The highest BCUT2D eigenvalue weighted by Gasteiger charge is 2.28. The van der Waals surface area contributed by atoms with Crippen LogP contribution in [0.3, 0.4) is 0 Å². The van der Waals surface area contributed by atoms with Crippen LogP contribution in [0.15, 0.2) is 42.5 Å². The molecular weight excluding hydrogens is 479 g/mol. The predicted molar refractivity (Wildman–Crippen MR) is 152 cm³/mol. The van der Waals surface area contributed by atoms with Crippen LogP contribution in [-0.2, 0) is 4.79 Å². The maximum Gasteiger partial charge on any atom is 0.225 e. The maximum absolute atomic E-state index is 14.5. The van der Waals surface area contributed by atoms with Crippen molar-refractivity contribution in [2.45, 2.75) is 70.5 Å². The van der Waals surface area contributed by atoms with Gasteiger partial charge < -0.3 is 20.9 Å². The molecule has 1 aliphatic carbocycles. The summed E-state index contributed by atoms with van der Waals surface area (Å²) < 4.78 is 14.5. The van der Waals surface area contributed by atoms with Crippen LogP contribution in [-0.4, -0.2) is 59.0 Å². The van der Waals surface area contributed by atoms with Crippen molar-refractivity contribution >= 4 is 28.6 Å². The Balaban J connectivity index is 1.31. The monoisotopic (exact) mass is 518 g/mol. The molecule has 1 atom stereocenters. The van der Waals surface area contributed by atoms with Crippen molar-refractivity contribution in [3.8, 4) is 11.1 Å². The molecule has 3 aromatic rings. The Kier molecular flexibility index (Phi) is 8.07. The van der Waals surface area contributed by atoms with Crippen LogP contribution in [0.2, 0.25) is 0 Å². The number of aromatic nitrogens is 2. The molecule has 5 rings (SSSR count). The lowest BCUT2D eigenvalue weighted by molar-refractivity contribution is -0.127. The molecule has 2 aromatic carbocycles. The Morgan fingerprint density at radius 1 is 1.03 bits per heavy atom. The van der Waals surface area contributed by atoms with Gasteiger partial charge in [0.1, 0.15) is 11.6 Å². The van der Waals surface area contributed by atoms with Crippen LogP contribution in [0.1, 0.15) is 52.4 Å². The predicted octanol–water partition coefficient (Wildman–Crippen LogP) is 5.44. The number of rotatable bonds is 7. The number of benzene rings is 2. The van der Waals surface area contributed by atoms with Crippen LogP contribution in [0, 0.1) is 11.7 Å². The zero-order valence-electron chi connectivity index (χ0n) is 22.6. The highest BCUT2D eigenvalue weighted by Crippen LogP contribution is 2.32. The quantitative estimate of drug-likeness (QED) is 0.387. The van der Waals surface area contributed by atoms with E-state index in [2.05, 4.69) is 41.7 Å². The van der Waals surface area contributed by atoms with Gasteiger partial charge in [-0.25, -0.2) is 9.37 Å². The SMILES string of the molecule is CC(C)Nc1nc(NC2CCC(NC(=O)C3CCCN(C)C3)CC2)c2cc(-c3ccccc3F)ccc2n1. The fourth-order valence-corrected chi connectivity index (χ4v) is 5.70. The van der Waals surface area contributed by atoms with E-state index in [1.165, 1.54) is 6.07 Å². The van der Waals surface area contributed by atoms with E-state index in [-0.39, 0.29) is 35.8 Å². The van der Waals surface area contributed by atoms with Crippen molar-refractivity contribution in [2.75, 3.05) is 30.8 Å². The van der Waals surface area contributed by atoms with Crippen LogP contribution >= 0.6 is 0 Å². The van der Waals surface area contributed by atoms with Crippen molar-refractivity contribution < 1.29 is 9.18 Å². The van der Waals surface area contributed by atoms with Crippen LogP contribution < -0.4 is 16.0 Å². The van der Waals surface area contributed by atoms with Gasteiger partial charge in [0.05, 0.1) is 11.4 Å². The van der Waals surface area contributed by atoms with Crippen molar-refractivity contribution in [2.24, 2.45) is 5.92 Å². The second-order valence-electron chi connectivity index (χ2n) is 11.2. The normalized spacial score (nSPS) is 22.4. The Morgan fingerprint density at radius 2 is 1.79 bits per heavy atom. The van der Waals surface area contributed by atoms with E-state index in [1.807, 2.05) is 24.3 Å². The van der Waals surface area contributed by atoms with Gasteiger partial charge in [0, 0.05) is 35.6 Å². The number of nitrogens with zero attached hydrogens (tertiary/aromatic N) is 3.